The molecular formula is C11H14. The van der Waals surface area contributed by atoms with Gasteiger partial charge in [-0.2, -0.15) is 0 Å². The van der Waals surface area contributed by atoms with Crippen LogP contribution in [0, 0.1) is 0 Å². The van der Waals surface area contributed by atoms with Crippen molar-refractivity contribution in [1.29, 1.82) is 0 Å². The Morgan fingerprint density at radius 2 is 2.00 bits per heavy atom. The summed E-state index contributed by atoms with van der Waals surface area (Å²) in [7, 11) is 0. The summed E-state index contributed by atoms with van der Waals surface area (Å²) < 4.78 is 0. The van der Waals surface area contributed by atoms with E-state index in [1.54, 1.807) is 11.1 Å². The first-order valence-electron chi connectivity index (χ1n) is 4.42. The van der Waals surface area contributed by atoms with Crippen LogP contribution in [0.2, 0.25) is 0 Å². The highest BCUT2D eigenvalue weighted by Gasteiger charge is 2.11. The lowest BCUT2D eigenvalue weighted by Gasteiger charge is -1.95. The lowest BCUT2D eigenvalue weighted by Crippen LogP contribution is -1.75. The Morgan fingerprint density at radius 1 is 1.18 bits per heavy atom. The molecule has 0 saturated heterocycles. The molecule has 2 rings (SSSR count). The van der Waals surface area contributed by atoms with Gasteiger partial charge in [-0.05, 0) is 43.8 Å². The molecule has 0 bridgehead atoms. The van der Waals surface area contributed by atoms with Gasteiger partial charge in [-0.15, -0.1) is 0 Å². The second kappa shape index (κ2) is 2.69. The van der Waals surface area contributed by atoms with Crippen LogP contribution in [0.25, 0.3) is 0 Å². The van der Waals surface area contributed by atoms with E-state index in [1.807, 2.05) is 0 Å². The van der Waals surface area contributed by atoms with Crippen molar-refractivity contribution in [3.8, 4) is 0 Å². The van der Waals surface area contributed by atoms with Crippen molar-refractivity contribution in [2.24, 2.45) is 0 Å². The Morgan fingerprint density at radius 3 is 2.91 bits per heavy atom. The zero-order valence-electron chi connectivity index (χ0n) is 7.06. The maximum atomic E-state index is 2.38. The average molecular weight is 146 g/mol. The zero-order valence-corrected chi connectivity index (χ0v) is 7.06. The van der Waals surface area contributed by atoms with E-state index in [2.05, 4.69) is 25.2 Å². The number of rotatable bonds is 0. The van der Waals surface area contributed by atoms with Gasteiger partial charge in [0.05, 0.1) is 0 Å². The highest BCUT2D eigenvalue weighted by molar-refractivity contribution is 5.40. The Bertz CT molecular complexity index is 251. The minimum absolute atomic E-state index is 1.15. The van der Waals surface area contributed by atoms with Crippen LogP contribution in [0.15, 0.2) is 34.9 Å². The predicted octanol–water partition coefficient (Wildman–Crippen LogP) is 3.37. The minimum atomic E-state index is 1.15. The SMILES string of the molecule is CC1=CC2=C(C=CC1)CCC2. The first-order valence-corrected chi connectivity index (χ1v) is 4.42. The van der Waals surface area contributed by atoms with Gasteiger partial charge in [0.15, 0.2) is 0 Å². The Hall–Kier alpha value is -0.780. The molecule has 0 heterocycles. The highest BCUT2D eigenvalue weighted by atomic mass is 14.2. The number of hydrogen-bond acceptors (Lipinski definition) is 0. The number of hydrogen-bond donors (Lipinski definition) is 0. The molecule has 0 aromatic rings. The molecule has 11 heavy (non-hydrogen) atoms. The van der Waals surface area contributed by atoms with E-state index >= 15 is 0 Å². The van der Waals surface area contributed by atoms with Gasteiger partial charge in [-0.3, -0.25) is 0 Å². The van der Waals surface area contributed by atoms with E-state index in [0.717, 1.165) is 6.42 Å². The third-order valence-corrected chi connectivity index (χ3v) is 2.48. The maximum Gasteiger partial charge on any atom is -0.0135 e. The van der Waals surface area contributed by atoms with Crippen LogP contribution in [0.3, 0.4) is 0 Å². The Balaban J connectivity index is 2.36. The molecule has 0 heteroatoms. The molecule has 0 atom stereocenters. The van der Waals surface area contributed by atoms with Crippen molar-refractivity contribution in [1.82, 2.24) is 0 Å². The van der Waals surface area contributed by atoms with Crippen molar-refractivity contribution in [2.75, 3.05) is 0 Å². The van der Waals surface area contributed by atoms with E-state index in [0.29, 0.717) is 0 Å². The normalized spacial score (nSPS) is 23.2. The lowest BCUT2D eigenvalue weighted by atomic mass is 10.1. The fourth-order valence-electron chi connectivity index (χ4n) is 1.89. The van der Waals surface area contributed by atoms with E-state index in [4.69, 9.17) is 0 Å². The van der Waals surface area contributed by atoms with E-state index in [-0.39, 0.29) is 0 Å². The van der Waals surface area contributed by atoms with Gasteiger partial charge in [-0.1, -0.05) is 23.8 Å². The maximum absolute atomic E-state index is 2.38. The van der Waals surface area contributed by atoms with Gasteiger partial charge in [0.1, 0.15) is 0 Å². The van der Waals surface area contributed by atoms with Crippen molar-refractivity contribution in [2.45, 2.75) is 32.6 Å². The molecule has 2 aliphatic carbocycles. The van der Waals surface area contributed by atoms with Crippen LogP contribution in [0.1, 0.15) is 32.6 Å². The third kappa shape index (κ3) is 1.30. The molecule has 0 unspecified atom stereocenters. The summed E-state index contributed by atoms with van der Waals surface area (Å²) in [5.41, 5.74) is 4.69. The molecule has 0 spiro atoms. The van der Waals surface area contributed by atoms with Crippen LogP contribution >= 0.6 is 0 Å². The van der Waals surface area contributed by atoms with Gasteiger partial charge in [0.2, 0.25) is 0 Å². The second-order valence-corrected chi connectivity index (χ2v) is 3.50. The summed E-state index contributed by atoms with van der Waals surface area (Å²) in [5, 5.41) is 0. The van der Waals surface area contributed by atoms with Crippen molar-refractivity contribution < 1.29 is 0 Å². The lowest BCUT2D eigenvalue weighted by molar-refractivity contribution is 0.903. The average Bonchev–Trinajstić information content (AvgIpc) is 2.31. The van der Waals surface area contributed by atoms with Gasteiger partial charge in [0, 0.05) is 0 Å². The molecule has 0 aromatic carbocycles. The molecule has 0 N–H and O–H groups in total. The van der Waals surface area contributed by atoms with E-state index in [1.165, 1.54) is 24.8 Å². The van der Waals surface area contributed by atoms with Gasteiger partial charge in [-0.25, -0.2) is 0 Å². The Labute approximate surface area is 68.3 Å². The third-order valence-electron chi connectivity index (χ3n) is 2.48. The van der Waals surface area contributed by atoms with Crippen LogP contribution in [-0.4, -0.2) is 0 Å². The second-order valence-electron chi connectivity index (χ2n) is 3.50. The quantitative estimate of drug-likeness (QED) is 0.491. The van der Waals surface area contributed by atoms with Crippen molar-refractivity contribution in [3.63, 3.8) is 0 Å². The van der Waals surface area contributed by atoms with Crippen LogP contribution in [-0.2, 0) is 0 Å². The van der Waals surface area contributed by atoms with E-state index in [9.17, 15) is 0 Å². The molecule has 0 fully saturated rings. The molecule has 2 aliphatic rings. The molecule has 0 radical (unpaired) electrons. The summed E-state index contributed by atoms with van der Waals surface area (Å²) >= 11 is 0. The van der Waals surface area contributed by atoms with Crippen molar-refractivity contribution in [3.05, 3.63) is 34.9 Å². The monoisotopic (exact) mass is 146 g/mol. The Kier molecular flexibility index (Phi) is 1.69. The van der Waals surface area contributed by atoms with E-state index < -0.39 is 0 Å². The summed E-state index contributed by atoms with van der Waals surface area (Å²) in [5.74, 6) is 0. The highest BCUT2D eigenvalue weighted by Crippen LogP contribution is 2.30. The van der Waals surface area contributed by atoms with Crippen LogP contribution in [0.4, 0.5) is 0 Å². The van der Waals surface area contributed by atoms with Gasteiger partial charge < -0.3 is 0 Å². The standard InChI is InChI=1S/C11H14/c1-9-4-2-5-10-6-3-7-11(10)8-9/h2,5,8H,3-4,6-7H2,1H3. The fourth-order valence-corrected chi connectivity index (χ4v) is 1.89. The molecule has 0 nitrogen and oxygen atoms in total. The van der Waals surface area contributed by atoms with Crippen LogP contribution in [0.5, 0.6) is 0 Å². The fraction of sp³-hybridized carbons (Fsp3) is 0.455. The summed E-state index contributed by atoms with van der Waals surface area (Å²) in [6.45, 7) is 2.22. The smallest absolute Gasteiger partial charge is 0.0135 e. The zero-order chi connectivity index (χ0) is 7.68. The summed E-state index contributed by atoms with van der Waals surface area (Å²) in [4.78, 5) is 0. The van der Waals surface area contributed by atoms with Gasteiger partial charge >= 0.3 is 0 Å². The molecule has 0 aliphatic heterocycles. The molecule has 0 amide bonds. The molecule has 58 valence electrons. The van der Waals surface area contributed by atoms with Crippen molar-refractivity contribution >= 4 is 0 Å². The topological polar surface area (TPSA) is 0 Å². The largest absolute Gasteiger partial charge is 0.0802 e. The van der Waals surface area contributed by atoms with Gasteiger partial charge in [0.25, 0.3) is 0 Å². The van der Waals surface area contributed by atoms with Crippen LogP contribution < -0.4 is 0 Å². The molecule has 0 saturated carbocycles. The predicted molar refractivity (Wildman–Crippen MR) is 48.4 cm³/mol. The minimum Gasteiger partial charge on any atom is -0.0802 e. The molecule has 0 aromatic heterocycles. The number of allylic oxidation sites excluding steroid dienone is 6. The first-order chi connectivity index (χ1) is 5.36. The summed E-state index contributed by atoms with van der Waals surface area (Å²) in [6, 6.07) is 0. The molecular weight excluding hydrogens is 132 g/mol. The first kappa shape index (κ1) is 6.90. The summed E-state index contributed by atoms with van der Waals surface area (Å²) in [6.07, 6.45) is 12.1.